The molecule has 0 spiro atoms. The molecule has 100 valence electrons. The van der Waals surface area contributed by atoms with Crippen LogP contribution in [-0.4, -0.2) is 37.0 Å². The van der Waals surface area contributed by atoms with E-state index in [0.717, 1.165) is 43.7 Å². The molecule has 1 aliphatic heterocycles. The fourth-order valence-corrected chi connectivity index (χ4v) is 2.22. The Labute approximate surface area is 119 Å². The maximum absolute atomic E-state index is 12.4. The molecule has 1 aliphatic rings. The summed E-state index contributed by atoms with van der Waals surface area (Å²) in [6.45, 7) is 5.38. The quantitative estimate of drug-likeness (QED) is 0.861. The van der Waals surface area contributed by atoms with Crippen molar-refractivity contribution in [3.63, 3.8) is 0 Å². The summed E-state index contributed by atoms with van der Waals surface area (Å²) in [4.78, 5) is 14.3. The van der Waals surface area contributed by atoms with E-state index in [1.807, 2.05) is 24.0 Å². The van der Waals surface area contributed by atoms with Gasteiger partial charge in [-0.15, -0.1) is 12.4 Å². The molecular formula is C13H18Cl2N2O. The lowest BCUT2D eigenvalue weighted by Gasteiger charge is -2.21. The van der Waals surface area contributed by atoms with E-state index in [9.17, 15) is 4.79 Å². The van der Waals surface area contributed by atoms with E-state index in [0.29, 0.717) is 5.02 Å². The molecular weight excluding hydrogens is 271 g/mol. The number of hydrogen-bond acceptors (Lipinski definition) is 2. The van der Waals surface area contributed by atoms with Crippen molar-refractivity contribution in [2.24, 2.45) is 0 Å². The van der Waals surface area contributed by atoms with Gasteiger partial charge < -0.3 is 10.2 Å². The smallest absolute Gasteiger partial charge is 0.254 e. The SMILES string of the molecule is Cc1ccc(Cl)cc1C(=O)N1CCCNCC1.Cl. The van der Waals surface area contributed by atoms with E-state index < -0.39 is 0 Å². The zero-order valence-electron chi connectivity index (χ0n) is 10.4. The van der Waals surface area contributed by atoms with Gasteiger partial charge in [0.15, 0.2) is 0 Å². The summed E-state index contributed by atoms with van der Waals surface area (Å²) in [5.74, 6) is 0.0914. The fraction of sp³-hybridized carbons (Fsp3) is 0.462. The standard InChI is InChI=1S/C13H17ClN2O.ClH/c1-10-3-4-11(14)9-12(10)13(17)16-7-2-5-15-6-8-16;/h3-4,9,15H,2,5-8H2,1H3;1H. The van der Waals surface area contributed by atoms with E-state index in [1.165, 1.54) is 0 Å². The second-order valence-electron chi connectivity index (χ2n) is 4.35. The van der Waals surface area contributed by atoms with Crippen molar-refractivity contribution in [3.05, 3.63) is 34.3 Å². The van der Waals surface area contributed by atoms with Crippen LogP contribution in [0.25, 0.3) is 0 Å². The number of rotatable bonds is 1. The van der Waals surface area contributed by atoms with Gasteiger partial charge in [-0.25, -0.2) is 0 Å². The molecule has 0 saturated carbocycles. The van der Waals surface area contributed by atoms with Crippen LogP contribution in [0.5, 0.6) is 0 Å². The number of aryl methyl sites for hydroxylation is 1. The Hall–Kier alpha value is -0.770. The number of nitrogens with one attached hydrogen (secondary N) is 1. The first-order chi connectivity index (χ1) is 8.18. The molecule has 1 aromatic rings. The number of amides is 1. The van der Waals surface area contributed by atoms with Gasteiger partial charge >= 0.3 is 0 Å². The molecule has 2 rings (SSSR count). The van der Waals surface area contributed by atoms with Gasteiger partial charge in [-0.05, 0) is 37.6 Å². The first-order valence-corrected chi connectivity index (χ1v) is 6.32. The van der Waals surface area contributed by atoms with Crippen molar-refractivity contribution in [1.82, 2.24) is 10.2 Å². The van der Waals surface area contributed by atoms with Crippen molar-refractivity contribution in [2.45, 2.75) is 13.3 Å². The Morgan fingerprint density at radius 1 is 1.33 bits per heavy atom. The summed E-state index contributed by atoms with van der Waals surface area (Å²) in [7, 11) is 0. The largest absolute Gasteiger partial charge is 0.337 e. The number of benzene rings is 1. The highest BCUT2D eigenvalue weighted by molar-refractivity contribution is 6.31. The summed E-state index contributed by atoms with van der Waals surface area (Å²) >= 11 is 5.95. The minimum Gasteiger partial charge on any atom is -0.337 e. The van der Waals surface area contributed by atoms with Crippen LogP contribution in [0.15, 0.2) is 18.2 Å². The van der Waals surface area contributed by atoms with E-state index in [1.54, 1.807) is 6.07 Å². The summed E-state index contributed by atoms with van der Waals surface area (Å²) in [5, 5.41) is 3.91. The van der Waals surface area contributed by atoms with Gasteiger partial charge in [-0.1, -0.05) is 17.7 Å². The maximum Gasteiger partial charge on any atom is 0.254 e. The van der Waals surface area contributed by atoms with Gasteiger partial charge in [-0.3, -0.25) is 4.79 Å². The van der Waals surface area contributed by atoms with E-state index >= 15 is 0 Å². The van der Waals surface area contributed by atoms with Crippen molar-refractivity contribution in [2.75, 3.05) is 26.2 Å². The van der Waals surface area contributed by atoms with Crippen molar-refractivity contribution >= 4 is 29.9 Å². The van der Waals surface area contributed by atoms with E-state index in [4.69, 9.17) is 11.6 Å². The number of hydrogen-bond donors (Lipinski definition) is 1. The van der Waals surface area contributed by atoms with Gasteiger partial charge in [0, 0.05) is 30.2 Å². The number of carbonyl (C=O) groups is 1. The van der Waals surface area contributed by atoms with Crippen molar-refractivity contribution in [1.29, 1.82) is 0 Å². The zero-order valence-corrected chi connectivity index (χ0v) is 12.0. The molecule has 0 unspecified atom stereocenters. The molecule has 0 atom stereocenters. The molecule has 3 nitrogen and oxygen atoms in total. The molecule has 0 bridgehead atoms. The van der Waals surface area contributed by atoms with Gasteiger partial charge in [0.05, 0.1) is 0 Å². The molecule has 1 N–H and O–H groups in total. The Balaban J connectivity index is 0.00000162. The zero-order chi connectivity index (χ0) is 12.3. The van der Waals surface area contributed by atoms with Crippen LogP contribution in [-0.2, 0) is 0 Å². The van der Waals surface area contributed by atoms with Gasteiger partial charge in [0.1, 0.15) is 0 Å². The predicted octanol–water partition coefficient (Wildman–Crippen LogP) is 2.51. The first-order valence-electron chi connectivity index (χ1n) is 5.94. The molecule has 1 aromatic carbocycles. The number of carbonyl (C=O) groups excluding carboxylic acids is 1. The van der Waals surface area contributed by atoms with Gasteiger partial charge in [-0.2, -0.15) is 0 Å². The maximum atomic E-state index is 12.4. The summed E-state index contributed by atoms with van der Waals surface area (Å²) in [6, 6.07) is 5.47. The van der Waals surface area contributed by atoms with Crippen LogP contribution < -0.4 is 5.32 Å². The van der Waals surface area contributed by atoms with E-state index in [-0.39, 0.29) is 18.3 Å². The average molecular weight is 289 g/mol. The third-order valence-electron chi connectivity index (χ3n) is 3.06. The van der Waals surface area contributed by atoms with Crippen LogP contribution in [0.1, 0.15) is 22.3 Å². The first kappa shape index (κ1) is 15.3. The van der Waals surface area contributed by atoms with Crippen molar-refractivity contribution in [3.8, 4) is 0 Å². The van der Waals surface area contributed by atoms with Gasteiger partial charge in [0.25, 0.3) is 5.91 Å². The molecule has 0 aromatic heterocycles. The summed E-state index contributed by atoms with van der Waals surface area (Å²) in [5.41, 5.74) is 1.70. The Kier molecular flexibility index (Phi) is 5.93. The molecule has 18 heavy (non-hydrogen) atoms. The Bertz CT molecular complexity index is 415. The fourth-order valence-electron chi connectivity index (χ4n) is 2.04. The van der Waals surface area contributed by atoms with E-state index in [2.05, 4.69) is 5.32 Å². The topological polar surface area (TPSA) is 32.3 Å². The third-order valence-corrected chi connectivity index (χ3v) is 3.29. The monoisotopic (exact) mass is 288 g/mol. The van der Waals surface area contributed by atoms with Crippen LogP contribution >= 0.6 is 24.0 Å². The highest BCUT2D eigenvalue weighted by atomic mass is 35.5. The van der Waals surface area contributed by atoms with Crippen LogP contribution in [0.3, 0.4) is 0 Å². The third kappa shape index (κ3) is 3.61. The summed E-state index contributed by atoms with van der Waals surface area (Å²) < 4.78 is 0. The average Bonchev–Trinajstić information content (AvgIpc) is 2.60. The predicted molar refractivity (Wildman–Crippen MR) is 76.8 cm³/mol. The molecule has 1 heterocycles. The highest BCUT2D eigenvalue weighted by Gasteiger charge is 2.18. The number of nitrogens with zero attached hydrogens (tertiary/aromatic N) is 1. The van der Waals surface area contributed by atoms with Crippen molar-refractivity contribution < 1.29 is 4.79 Å². The second-order valence-corrected chi connectivity index (χ2v) is 4.79. The van der Waals surface area contributed by atoms with Crippen LogP contribution in [0, 0.1) is 6.92 Å². The highest BCUT2D eigenvalue weighted by Crippen LogP contribution is 2.17. The second kappa shape index (κ2) is 6.98. The van der Waals surface area contributed by atoms with Gasteiger partial charge in [0.2, 0.25) is 0 Å². The van der Waals surface area contributed by atoms with Crippen LogP contribution in [0.2, 0.25) is 5.02 Å². The Morgan fingerprint density at radius 3 is 2.89 bits per heavy atom. The molecule has 0 aliphatic carbocycles. The molecule has 0 radical (unpaired) electrons. The molecule has 1 saturated heterocycles. The lowest BCUT2D eigenvalue weighted by molar-refractivity contribution is 0.0765. The minimum atomic E-state index is 0. The molecule has 1 amide bonds. The normalized spacial score (nSPS) is 15.8. The summed E-state index contributed by atoms with van der Waals surface area (Å²) in [6.07, 6.45) is 1.01. The molecule has 5 heteroatoms. The minimum absolute atomic E-state index is 0. The lowest BCUT2D eigenvalue weighted by Crippen LogP contribution is -2.34. The lowest BCUT2D eigenvalue weighted by atomic mass is 10.1. The number of halogens is 2. The van der Waals surface area contributed by atoms with Crippen LogP contribution in [0.4, 0.5) is 0 Å². The molecule has 1 fully saturated rings. The Morgan fingerprint density at radius 2 is 2.11 bits per heavy atom.